The number of nitrogens with two attached hydrogens (primary N) is 1. The molecular formula is C21H24N4O2. The molecule has 1 atom stereocenters. The lowest BCUT2D eigenvalue weighted by atomic mass is 10.0. The fraction of sp³-hybridized carbons (Fsp3) is 0.238. The maximum atomic E-state index is 11.8. The van der Waals surface area contributed by atoms with Crippen LogP contribution >= 0.6 is 0 Å². The maximum absolute atomic E-state index is 11.8. The number of fused-ring (bicyclic) bond motifs is 1. The third-order valence-corrected chi connectivity index (χ3v) is 4.58. The molecule has 0 radical (unpaired) electrons. The van der Waals surface area contributed by atoms with E-state index >= 15 is 0 Å². The number of nitrogens with one attached hydrogen (secondary N) is 2. The van der Waals surface area contributed by atoms with E-state index in [1.807, 2.05) is 44.3 Å². The van der Waals surface area contributed by atoms with Crippen LogP contribution in [0.4, 0.5) is 5.69 Å². The Kier molecular flexibility index (Phi) is 5.57. The predicted molar refractivity (Wildman–Crippen MR) is 108 cm³/mol. The summed E-state index contributed by atoms with van der Waals surface area (Å²) in [5.41, 5.74) is 9.57. The molecule has 2 aromatic carbocycles. The Balaban J connectivity index is 2.08. The molecule has 1 heterocycles. The largest absolute Gasteiger partial charge is 0.497 e. The van der Waals surface area contributed by atoms with Gasteiger partial charge >= 0.3 is 0 Å². The predicted octanol–water partition coefficient (Wildman–Crippen LogP) is 3.02. The van der Waals surface area contributed by atoms with Crippen molar-refractivity contribution in [3.63, 3.8) is 0 Å². The highest BCUT2D eigenvalue weighted by atomic mass is 16.5. The van der Waals surface area contributed by atoms with Crippen LogP contribution in [0.2, 0.25) is 0 Å². The molecule has 6 heteroatoms. The minimum atomic E-state index is -0.484. The molecule has 0 aliphatic rings. The summed E-state index contributed by atoms with van der Waals surface area (Å²) in [7, 11) is 3.57. The van der Waals surface area contributed by atoms with E-state index in [9.17, 15) is 4.79 Å². The van der Waals surface area contributed by atoms with Crippen molar-refractivity contribution in [2.45, 2.75) is 13.0 Å². The number of carbonyl (C=O) groups is 1. The van der Waals surface area contributed by atoms with Gasteiger partial charge in [-0.15, -0.1) is 0 Å². The van der Waals surface area contributed by atoms with Gasteiger partial charge in [-0.3, -0.25) is 9.78 Å². The Morgan fingerprint density at radius 1 is 1.26 bits per heavy atom. The molecule has 27 heavy (non-hydrogen) atoms. The lowest BCUT2D eigenvalue weighted by Crippen LogP contribution is -2.24. The van der Waals surface area contributed by atoms with E-state index in [-0.39, 0.29) is 6.04 Å². The van der Waals surface area contributed by atoms with E-state index < -0.39 is 5.91 Å². The van der Waals surface area contributed by atoms with Gasteiger partial charge in [-0.05, 0) is 43.3 Å². The Labute approximate surface area is 158 Å². The third-order valence-electron chi connectivity index (χ3n) is 4.58. The molecule has 1 unspecified atom stereocenters. The van der Waals surface area contributed by atoms with Crippen molar-refractivity contribution < 1.29 is 9.53 Å². The normalized spacial score (nSPS) is 12.0. The van der Waals surface area contributed by atoms with Gasteiger partial charge in [0.1, 0.15) is 5.75 Å². The van der Waals surface area contributed by atoms with E-state index in [1.165, 1.54) is 0 Å². The van der Waals surface area contributed by atoms with E-state index in [0.29, 0.717) is 17.6 Å². The highest BCUT2D eigenvalue weighted by Gasteiger charge is 2.17. The first-order valence-electron chi connectivity index (χ1n) is 8.78. The first-order valence-corrected chi connectivity index (χ1v) is 8.78. The number of nitrogens with zero attached hydrogens (tertiary/aromatic N) is 1. The van der Waals surface area contributed by atoms with Crippen LogP contribution in [0.3, 0.4) is 0 Å². The Morgan fingerprint density at radius 2 is 2.04 bits per heavy atom. The summed E-state index contributed by atoms with van der Waals surface area (Å²) < 4.78 is 5.36. The van der Waals surface area contributed by atoms with E-state index in [1.54, 1.807) is 19.4 Å². The summed E-state index contributed by atoms with van der Waals surface area (Å²) in [6.07, 6.45) is 1.76. The Bertz CT molecular complexity index is 972. The Hall–Kier alpha value is -3.12. The minimum absolute atomic E-state index is 0.00614. The number of primary amides is 1. The summed E-state index contributed by atoms with van der Waals surface area (Å²) in [5, 5.41) is 7.71. The van der Waals surface area contributed by atoms with Gasteiger partial charge in [0, 0.05) is 23.8 Å². The molecule has 0 saturated heterocycles. The molecule has 0 aliphatic heterocycles. The molecule has 0 spiro atoms. The van der Waals surface area contributed by atoms with Crippen LogP contribution in [0.25, 0.3) is 10.9 Å². The van der Waals surface area contributed by atoms with Crippen LogP contribution in [0, 0.1) is 6.92 Å². The summed E-state index contributed by atoms with van der Waals surface area (Å²) >= 11 is 0. The number of hydrogen-bond acceptors (Lipinski definition) is 5. The minimum Gasteiger partial charge on any atom is -0.497 e. The van der Waals surface area contributed by atoms with Gasteiger partial charge in [-0.2, -0.15) is 0 Å². The van der Waals surface area contributed by atoms with E-state index in [4.69, 9.17) is 10.5 Å². The van der Waals surface area contributed by atoms with Crippen LogP contribution < -0.4 is 21.1 Å². The maximum Gasteiger partial charge on any atom is 0.250 e. The zero-order valence-electron chi connectivity index (χ0n) is 15.7. The van der Waals surface area contributed by atoms with Gasteiger partial charge in [0.05, 0.1) is 24.2 Å². The monoisotopic (exact) mass is 364 g/mol. The lowest BCUT2D eigenvalue weighted by Gasteiger charge is -2.23. The quantitative estimate of drug-likeness (QED) is 0.600. The molecule has 3 aromatic rings. The highest BCUT2D eigenvalue weighted by Crippen LogP contribution is 2.31. The number of benzene rings is 2. The average Bonchev–Trinajstić information content (AvgIpc) is 2.68. The number of rotatable bonds is 7. The first-order chi connectivity index (χ1) is 13.0. The first kappa shape index (κ1) is 18.7. The molecule has 6 nitrogen and oxygen atoms in total. The summed E-state index contributed by atoms with van der Waals surface area (Å²) in [4.78, 5) is 16.2. The number of carbonyl (C=O) groups excluding carboxylic acids is 1. The molecule has 140 valence electrons. The van der Waals surface area contributed by atoms with Crippen molar-refractivity contribution in [1.29, 1.82) is 0 Å². The van der Waals surface area contributed by atoms with Gasteiger partial charge in [0.2, 0.25) is 0 Å². The second kappa shape index (κ2) is 8.05. The van der Waals surface area contributed by atoms with Crippen molar-refractivity contribution in [2.24, 2.45) is 5.73 Å². The second-order valence-corrected chi connectivity index (χ2v) is 6.41. The summed E-state index contributed by atoms with van der Waals surface area (Å²) in [6, 6.07) is 13.5. The standard InChI is InChI=1S/C21H24N4O2/c1-13-11-24-20-16(8-5-9-17(20)21(22)26)19(13)25-18(12-23-2)14-6-4-7-15(10-14)27-3/h4-11,18,23H,12H2,1-3H3,(H2,22,26)(H,24,25). The molecular weight excluding hydrogens is 340 g/mol. The smallest absolute Gasteiger partial charge is 0.250 e. The van der Waals surface area contributed by atoms with Gasteiger partial charge in [0.25, 0.3) is 5.91 Å². The number of likely N-dealkylation sites (N-methyl/N-ethyl adjacent to an activating group) is 1. The fourth-order valence-electron chi connectivity index (χ4n) is 3.20. The summed E-state index contributed by atoms with van der Waals surface area (Å²) in [6.45, 7) is 2.71. The zero-order chi connectivity index (χ0) is 19.4. The van der Waals surface area contributed by atoms with Crippen molar-refractivity contribution >= 4 is 22.5 Å². The molecule has 0 bridgehead atoms. The van der Waals surface area contributed by atoms with Gasteiger partial charge < -0.3 is 21.1 Å². The molecule has 3 rings (SSSR count). The topological polar surface area (TPSA) is 89.3 Å². The number of amides is 1. The number of anilines is 1. The van der Waals surface area contributed by atoms with E-state index in [2.05, 4.69) is 21.7 Å². The number of ether oxygens (including phenoxy) is 1. The highest BCUT2D eigenvalue weighted by molar-refractivity contribution is 6.07. The number of aromatic nitrogens is 1. The molecule has 1 aromatic heterocycles. The number of pyridine rings is 1. The zero-order valence-corrected chi connectivity index (χ0v) is 15.7. The molecule has 4 N–H and O–H groups in total. The van der Waals surface area contributed by atoms with Crippen LogP contribution in [0.5, 0.6) is 5.75 Å². The van der Waals surface area contributed by atoms with E-state index in [0.717, 1.165) is 28.0 Å². The Morgan fingerprint density at radius 3 is 2.74 bits per heavy atom. The fourth-order valence-corrected chi connectivity index (χ4v) is 3.20. The molecule has 0 fully saturated rings. The SMILES string of the molecule is CNCC(Nc1c(C)cnc2c(C(N)=O)cccc12)c1cccc(OC)c1. The van der Waals surface area contributed by atoms with Gasteiger partial charge in [0.15, 0.2) is 0 Å². The number of hydrogen-bond donors (Lipinski definition) is 3. The van der Waals surface area contributed by atoms with Crippen LogP contribution in [0.15, 0.2) is 48.7 Å². The lowest BCUT2D eigenvalue weighted by molar-refractivity contribution is 0.100. The van der Waals surface area contributed by atoms with Gasteiger partial charge in [-0.25, -0.2) is 0 Å². The van der Waals surface area contributed by atoms with Crippen LogP contribution in [-0.4, -0.2) is 31.6 Å². The van der Waals surface area contributed by atoms with Gasteiger partial charge in [-0.1, -0.05) is 24.3 Å². The number of para-hydroxylation sites is 1. The van der Waals surface area contributed by atoms with Crippen molar-refractivity contribution in [1.82, 2.24) is 10.3 Å². The van der Waals surface area contributed by atoms with Crippen molar-refractivity contribution in [3.05, 3.63) is 65.4 Å². The van der Waals surface area contributed by atoms with Crippen molar-refractivity contribution in [3.8, 4) is 5.75 Å². The molecule has 1 amide bonds. The van der Waals surface area contributed by atoms with Crippen LogP contribution in [0.1, 0.15) is 27.5 Å². The third kappa shape index (κ3) is 3.85. The molecule has 0 aliphatic carbocycles. The summed E-state index contributed by atoms with van der Waals surface area (Å²) in [5.74, 6) is 0.324. The number of methoxy groups -OCH3 is 1. The van der Waals surface area contributed by atoms with Crippen molar-refractivity contribution in [2.75, 3.05) is 26.0 Å². The number of aryl methyl sites for hydroxylation is 1. The molecule has 0 saturated carbocycles. The van der Waals surface area contributed by atoms with Crippen LogP contribution in [-0.2, 0) is 0 Å². The average molecular weight is 364 g/mol. The second-order valence-electron chi connectivity index (χ2n) is 6.41.